The van der Waals surface area contributed by atoms with Gasteiger partial charge in [-0.05, 0) is 29.5 Å². The number of esters is 1. The molecule has 5 heteroatoms. The van der Waals surface area contributed by atoms with E-state index in [-0.39, 0.29) is 18.3 Å². The third kappa shape index (κ3) is 3.92. The van der Waals surface area contributed by atoms with Crippen molar-refractivity contribution in [1.82, 2.24) is 5.32 Å². The van der Waals surface area contributed by atoms with E-state index < -0.39 is 6.04 Å². The Labute approximate surface area is 127 Å². The van der Waals surface area contributed by atoms with Crippen molar-refractivity contribution >= 4 is 23.2 Å². The number of hydrogen-bond acceptors (Lipinski definition) is 4. The molecule has 21 heavy (non-hydrogen) atoms. The first-order chi connectivity index (χ1) is 10.1. The lowest BCUT2D eigenvalue weighted by Gasteiger charge is -2.18. The van der Waals surface area contributed by atoms with Gasteiger partial charge in [-0.15, -0.1) is 11.3 Å². The molecule has 0 aliphatic heterocycles. The highest BCUT2D eigenvalue weighted by Gasteiger charge is 2.20. The quantitative estimate of drug-likeness (QED) is 0.864. The molecular weight excluding hydrogens is 286 g/mol. The molecule has 0 bridgehead atoms. The van der Waals surface area contributed by atoms with Crippen molar-refractivity contribution in [2.45, 2.75) is 19.4 Å². The Morgan fingerprint density at radius 1 is 1.24 bits per heavy atom. The average Bonchev–Trinajstić information content (AvgIpc) is 2.93. The van der Waals surface area contributed by atoms with Crippen LogP contribution in [0.15, 0.2) is 41.8 Å². The van der Waals surface area contributed by atoms with Crippen LogP contribution in [0.25, 0.3) is 0 Å². The van der Waals surface area contributed by atoms with Crippen LogP contribution in [-0.2, 0) is 9.53 Å². The minimum Gasteiger partial charge on any atom is -0.469 e. The summed E-state index contributed by atoms with van der Waals surface area (Å²) in [5.74, 6) is -0.521. The Balaban J connectivity index is 2.18. The number of carbonyl (C=O) groups excluding carboxylic acids is 2. The van der Waals surface area contributed by atoms with Gasteiger partial charge in [0.2, 0.25) is 0 Å². The zero-order valence-corrected chi connectivity index (χ0v) is 12.8. The predicted octanol–water partition coefficient (Wildman–Crippen LogP) is 3.09. The standard InChI is InChI=1S/C16H17NO3S/c1-11-8-9-21-15(11)16(19)17-13(10-14(18)20-2)12-6-4-3-5-7-12/h3-9,13H,10H2,1-2H3,(H,17,19). The molecule has 2 aromatic rings. The lowest BCUT2D eigenvalue weighted by atomic mass is 10.0. The highest BCUT2D eigenvalue weighted by molar-refractivity contribution is 7.12. The van der Waals surface area contributed by atoms with Crippen molar-refractivity contribution in [2.24, 2.45) is 0 Å². The van der Waals surface area contributed by atoms with Crippen molar-refractivity contribution in [3.05, 3.63) is 57.8 Å². The summed E-state index contributed by atoms with van der Waals surface area (Å²) >= 11 is 1.39. The number of hydrogen-bond donors (Lipinski definition) is 1. The summed E-state index contributed by atoms with van der Waals surface area (Å²) in [6.07, 6.45) is 0.108. The molecule has 1 amide bonds. The van der Waals surface area contributed by atoms with Gasteiger partial charge >= 0.3 is 5.97 Å². The Bertz CT molecular complexity index is 621. The molecule has 1 aromatic heterocycles. The fourth-order valence-electron chi connectivity index (χ4n) is 2.02. The van der Waals surface area contributed by atoms with E-state index in [2.05, 4.69) is 5.32 Å². The average molecular weight is 303 g/mol. The number of methoxy groups -OCH3 is 1. The molecule has 0 aliphatic rings. The molecule has 1 atom stereocenters. The van der Waals surface area contributed by atoms with Crippen LogP contribution in [0.5, 0.6) is 0 Å². The van der Waals surface area contributed by atoms with Crippen LogP contribution in [0.4, 0.5) is 0 Å². The number of aryl methyl sites for hydroxylation is 1. The van der Waals surface area contributed by atoms with Gasteiger partial charge in [-0.2, -0.15) is 0 Å². The Morgan fingerprint density at radius 2 is 1.95 bits per heavy atom. The van der Waals surface area contributed by atoms with Crippen LogP contribution in [0.2, 0.25) is 0 Å². The smallest absolute Gasteiger partial charge is 0.307 e. The van der Waals surface area contributed by atoms with E-state index >= 15 is 0 Å². The molecule has 2 rings (SSSR count). The second kappa shape index (κ2) is 7.04. The van der Waals surface area contributed by atoms with E-state index in [4.69, 9.17) is 4.74 Å². The van der Waals surface area contributed by atoms with E-state index in [1.165, 1.54) is 18.4 Å². The van der Waals surface area contributed by atoms with E-state index in [1.807, 2.05) is 48.7 Å². The summed E-state index contributed by atoms with van der Waals surface area (Å²) in [5, 5.41) is 4.79. The minimum absolute atomic E-state index is 0.108. The monoisotopic (exact) mass is 303 g/mol. The Kier molecular flexibility index (Phi) is 5.11. The van der Waals surface area contributed by atoms with Gasteiger partial charge in [0.25, 0.3) is 5.91 Å². The SMILES string of the molecule is COC(=O)CC(NC(=O)c1sccc1C)c1ccccc1. The number of nitrogens with one attached hydrogen (secondary N) is 1. The lowest BCUT2D eigenvalue weighted by molar-refractivity contribution is -0.141. The molecule has 0 spiro atoms. The van der Waals surface area contributed by atoms with Gasteiger partial charge in [-0.3, -0.25) is 9.59 Å². The summed E-state index contributed by atoms with van der Waals surface area (Å²) < 4.78 is 4.71. The third-order valence-electron chi connectivity index (χ3n) is 3.17. The molecule has 110 valence electrons. The first-order valence-electron chi connectivity index (χ1n) is 6.58. The predicted molar refractivity (Wildman–Crippen MR) is 82.3 cm³/mol. The number of benzene rings is 1. The molecule has 1 N–H and O–H groups in total. The minimum atomic E-state index is -0.396. The van der Waals surface area contributed by atoms with Crippen molar-refractivity contribution in [1.29, 1.82) is 0 Å². The molecule has 1 unspecified atom stereocenters. The molecule has 0 fully saturated rings. The van der Waals surface area contributed by atoms with Crippen molar-refractivity contribution < 1.29 is 14.3 Å². The molecular formula is C16H17NO3S. The fourth-order valence-corrected chi connectivity index (χ4v) is 2.84. The maximum atomic E-state index is 12.3. The highest BCUT2D eigenvalue weighted by atomic mass is 32.1. The molecule has 0 radical (unpaired) electrons. The van der Waals surface area contributed by atoms with Crippen LogP contribution in [0.3, 0.4) is 0 Å². The van der Waals surface area contributed by atoms with Crippen LogP contribution >= 0.6 is 11.3 Å². The number of ether oxygens (including phenoxy) is 1. The van der Waals surface area contributed by atoms with Crippen LogP contribution in [-0.4, -0.2) is 19.0 Å². The number of carbonyl (C=O) groups is 2. The number of rotatable bonds is 5. The van der Waals surface area contributed by atoms with Crippen LogP contribution in [0, 0.1) is 6.92 Å². The largest absolute Gasteiger partial charge is 0.469 e. The maximum absolute atomic E-state index is 12.3. The molecule has 0 saturated carbocycles. The van der Waals surface area contributed by atoms with E-state index in [9.17, 15) is 9.59 Å². The summed E-state index contributed by atoms with van der Waals surface area (Å²) in [5.41, 5.74) is 1.81. The highest BCUT2D eigenvalue weighted by Crippen LogP contribution is 2.21. The molecule has 0 aliphatic carbocycles. The molecule has 1 heterocycles. The van der Waals surface area contributed by atoms with Gasteiger partial charge in [0.1, 0.15) is 0 Å². The van der Waals surface area contributed by atoms with Gasteiger partial charge in [0.15, 0.2) is 0 Å². The normalized spacial score (nSPS) is 11.7. The van der Waals surface area contributed by atoms with Crippen molar-refractivity contribution in [3.63, 3.8) is 0 Å². The maximum Gasteiger partial charge on any atom is 0.307 e. The van der Waals surface area contributed by atoms with Crippen LogP contribution < -0.4 is 5.32 Å². The van der Waals surface area contributed by atoms with Gasteiger partial charge in [0, 0.05) is 0 Å². The lowest BCUT2D eigenvalue weighted by Crippen LogP contribution is -2.30. The zero-order chi connectivity index (χ0) is 15.2. The van der Waals surface area contributed by atoms with Crippen molar-refractivity contribution in [2.75, 3.05) is 7.11 Å². The van der Waals surface area contributed by atoms with Gasteiger partial charge in [0.05, 0.1) is 24.4 Å². The Morgan fingerprint density at radius 3 is 2.52 bits per heavy atom. The second-order valence-electron chi connectivity index (χ2n) is 4.65. The van der Waals surface area contributed by atoms with Crippen molar-refractivity contribution in [3.8, 4) is 0 Å². The first-order valence-corrected chi connectivity index (χ1v) is 7.46. The number of amides is 1. The van der Waals surface area contributed by atoms with Crippen LogP contribution in [0.1, 0.15) is 33.3 Å². The fraction of sp³-hybridized carbons (Fsp3) is 0.250. The summed E-state index contributed by atoms with van der Waals surface area (Å²) in [7, 11) is 1.34. The second-order valence-corrected chi connectivity index (χ2v) is 5.57. The van der Waals surface area contributed by atoms with Gasteiger partial charge in [-0.1, -0.05) is 30.3 Å². The molecule has 1 aromatic carbocycles. The van der Waals surface area contributed by atoms with E-state index in [0.29, 0.717) is 4.88 Å². The van der Waals surface area contributed by atoms with Gasteiger partial charge in [-0.25, -0.2) is 0 Å². The summed E-state index contributed by atoms with van der Waals surface area (Å²) in [6, 6.07) is 10.9. The topological polar surface area (TPSA) is 55.4 Å². The van der Waals surface area contributed by atoms with E-state index in [0.717, 1.165) is 11.1 Å². The third-order valence-corrected chi connectivity index (χ3v) is 4.19. The number of thiophene rings is 1. The van der Waals surface area contributed by atoms with Gasteiger partial charge < -0.3 is 10.1 Å². The molecule has 4 nitrogen and oxygen atoms in total. The zero-order valence-electron chi connectivity index (χ0n) is 12.0. The molecule has 0 saturated heterocycles. The Hall–Kier alpha value is -2.14. The first kappa shape index (κ1) is 15.3. The van der Waals surface area contributed by atoms with E-state index in [1.54, 1.807) is 0 Å². The summed E-state index contributed by atoms with van der Waals surface area (Å²) in [4.78, 5) is 24.6. The summed E-state index contributed by atoms with van der Waals surface area (Å²) in [6.45, 7) is 1.89.